The Hall–Kier alpha value is -2.95. The molecule has 0 aliphatic carbocycles. The van der Waals surface area contributed by atoms with Crippen LogP contribution < -0.4 is 10.2 Å². The number of para-hydroxylation sites is 1. The van der Waals surface area contributed by atoms with Gasteiger partial charge in [0.25, 0.3) is 5.91 Å². The van der Waals surface area contributed by atoms with Crippen LogP contribution in [0.25, 0.3) is 0 Å². The highest BCUT2D eigenvalue weighted by molar-refractivity contribution is 6.14. The van der Waals surface area contributed by atoms with Gasteiger partial charge in [-0.2, -0.15) is 0 Å². The number of phenolic OH excluding ortho intramolecular Hbond substituents is 2. The summed E-state index contributed by atoms with van der Waals surface area (Å²) in [7, 11) is 0. The van der Waals surface area contributed by atoms with Crippen molar-refractivity contribution in [1.82, 2.24) is 0 Å². The average molecular weight is 451 g/mol. The van der Waals surface area contributed by atoms with Crippen molar-refractivity contribution < 1.29 is 15.0 Å². The van der Waals surface area contributed by atoms with Crippen molar-refractivity contribution in [2.75, 3.05) is 16.8 Å². The summed E-state index contributed by atoms with van der Waals surface area (Å²) in [5.74, 6) is 1.43. The van der Waals surface area contributed by atoms with E-state index in [1.54, 1.807) is 41.3 Å². The van der Waals surface area contributed by atoms with E-state index in [9.17, 15) is 15.0 Å². The van der Waals surface area contributed by atoms with Crippen LogP contribution in [-0.2, 0) is 0 Å². The van der Waals surface area contributed by atoms with E-state index in [1.807, 2.05) is 0 Å². The molecular formula is C28H38N2O3. The van der Waals surface area contributed by atoms with E-state index in [1.165, 1.54) is 31.3 Å². The van der Waals surface area contributed by atoms with Crippen LogP contribution in [0.3, 0.4) is 0 Å². The number of nitrogens with zero attached hydrogens (tertiary/aromatic N) is 1. The molecule has 33 heavy (non-hydrogen) atoms. The third-order valence-electron chi connectivity index (χ3n) is 6.42. The van der Waals surface area contributed by atoms with Gasteiger partial charge in [0, 0.05) is 12.6 Å². The molecule has 1 amide bonds. The van der Waals surface area contributed by atoms with Crippen LogP contribution in [0.5, 0.6) is 11.5 Å². The van der Waals surface area contributed by atoms with Crippen molar-refractivity contribution >= 4 is 23.0 Å². The number of amides is 1. The van der Waals surface area contributed by atoms with Crippen molar-refractivity contribution in [1.29, 1.82) is 0 Å². The second-order valence-electron chi connectivity index (χ2n) is 9.81. The Morgan fingerprint density at radius 3 is 2.58 bits per heavy atom. The zero-order chi connectivity index (χ0) is 24.0. The fraction of sp³-hybridized carbons (Fsp3) is 0.464. The third kappa shape index (κ3) is 6.53. The molecule has 1 aliphatic rings. The maximum Gasteiger partial charge on any atom is 0.260 e. The number of aromatic hydroxyl groups is 2. The van der Waals surface area contributed by atoms with Crippen molar-refractivity contribution in [3.8, 4) is 11.5 Å². The molecule has 1 heterocycles. The predicted octanol–water partition coefficient (Wildman–Crippen LogP) is 7.38. The maximum atomic E-state index is 13.4. The van der Waals surface area contributed by atoms with Gasteiger partial charge in [-0.05, 0) is 55.9 Å². The Morgan fingerprint density at radius 2 is 1.82 bits per heavy atom. The number of carbonyl (C=O) groups excluding carboxylic acids is 1. The van der Waals surface area contributed by atoms with Gasteiger partial charge in [0.05, 0.1) is 22.6 Å². The van der Waals surface area contributed by atoms with Gasteiger partial charge in [-0.25, -0.2) is 0 Å². The summed E-state index contributed by atoms with van der Waals surface area (Å²) >= 11 is 0. The number of phenols is 2. The Labute approximate surface area is 198 Å². The van der Waals surface area contributed by atoms with Crippen molar-refractivity contribution in [2.24, 2.45) is 11.8 Å². The maximum absolute atomic E-state index is 13.4. The van der Waals surface area contributed by atoms with Crippen LogP contribution >= 0.6 is 0 Å². The van der Waals surface area contributed by atoms with Gasteiger partial charge in [-0.3, -0.25) is 4.79 Å². The lowest BCUT2D eigenvalue weighted by Crippen LogP contribution is -2.30. The van der Waals surface area contributed by atoms with Gasteiger partial charge in [0.1, 0.15) is 11.5 Å². The highest BCUT2D eigenvalue weighted by Crippen LogP contribution is 2.41. The lowest BCUT2D eigenvalue weighted by atomic mass is 9.94. The average Bonchev–Trinajstić information content (AvgIpc) is 2.87. The summed E-state index contributed by atoms with van der Waals surface area (Å²) in [6, 6.07) is 9.82. The second kappa shape index (κ2) is 11.3. The number of fused-ring (bicyclic) bond motifs is 2. The largest absolute Gasteiger partial charge is 0.508 e. The summed E-state index contributed by atoms with van der Waals surface area (Å²) in [6.07, 6.45) is 9.39. The van der Waals surface area contributed by atoms with Crippen LogP contribution in [0.2, 0.25) is 0 Å². The number of benzene rings is 2. The first-order valence-corrected chi connectivity index (χ1v) is 12.2. The fourth-order valence-electron chi connectivity index (χ4n) is 4.37. The molecule has 3 rings (SSSR count). The highest BCUT2D eigenvalue weighted by Gasteiger charge is 2.28. The molecule has 0 bridgehead atoms. The van der Waals surface area contributed by atoms with Crippen LogP contribution in [0.1, 0.15) is 76.6 Å². The number of nitrogens with one attached hydrogen (secondary N) is 1. The highest BCUT2D eigenvalue weighted by atomic mass is 16.3. The first-order chi connectivity index (χ1) is 15.8. The summed E-state index contributed by atoms with van der Waals surface area (Å²) in [6.45, 7) is 9.43. The molecule has 1 aliphatic heterocycles. The van der Waals surface area contributed by atoms with Crippen molar-refractivity contribution in [2.45, 2.75) is 66.2 Å². The minimum atomic E-state index is -0.208. The number of anilines is 3. The molecule has 0 aromatic heterocycles. The van der Waals surface area contributed by atoms with Crippen molar-refractivity contribution in [3.63, 3.8) is 0 Å². The first kappa shape index (κ1) is 24.7. The van der Waals surface area contributed by atoms with E-state index in [2.05, 4.69) is 39.1 Å². The molecule has 2 aromatic rings. The molecule has 2 aromatic carbocycles. The monoisotopic (exact) mass is 450 g/mol. The van der Waals surface area contributed by atoms with E-state index < -0.39 is 0 Å². The second-order valence-corrected chi connectivity index (χ2v) is 9.81. The summed E-state index contributed by atoms with van der Waals surface area (Å²) in [4.78, 5) is 15.0. The zero-order valence-corrected chi connectivity index (χ0v) is 20.4. The van der Waals surface area contributed by atoms with Gasteiger partial charge in [0.2, 0.25) is 0 Å². The Kier molecular flexibility index (Phi) is 8.43. The standard InChI is InChI=1S/C28H38N2O3/c1-19(2)8-5-9-20(3)10-6-11-21(4)16-17-30-25-18-22(31)14-15-24(25)29-27-23(28(30)33)12-7-13-26(27)32/h7,12-16,18-20,29,31-32H,5-6,8-11,17H2,1-4H3/b21-16+. The number of hydrogen-bond acceptors (Lipinski definition) is 4. The van der Waals surface area contributed by atoms with E-state index in [4.69, 9.17) is 0 Å². The van der Waals surface area contributed by atoms with E-state index in [0.29, 0.717) is 29.2 Å². The van der Waals surface area contributed by atoms with E-state index in [0.717, 1.165) is 24.7 Å². The lowest BCUT2D eigenvalue weighted by molar-refractivity contribution is 0.0991. The normalized spacial score (nSPS) is 14.5. The van der Waals surface area contributed by atoms with Gasteiger partial charge in [-0.1, -0.05) is 64.2 Å². The zero-order valence-electron chi connectivity index (χ0n) is 20.4. The van der Waals surface area contributed by atoms with Gasteiger partial charge in [-0.15, -0.1) is 0 Å². The minimum Gasteiger partial charge on any atom is -0.508 e. The summed E-state index contributed by atoms with van der Waals surface area (Å²) in [5, 5.41) is 23.5. The molecular weight excluding hydrogens is 412 g/mol. The molecule has 0 spiro atoms. The lowest BCUT2D eigenvalue weighted by Gasteiger charge is -2.22. The van der Waals surface area contributed by atoms with Crippen LogP contribution in [0.15, 0.2) is 48.0 Å². The smallest absolute Gasteiger partial charge is 0.260 e. The van der Waals surface area contributed by atoms with E-state index in [-0.39, 0.29) is 17.4 Å². The Balaban J connectivity index is 1.68. The third-order valence-corrected chi connectivity index (χ3v) is 6.42. The quantitative estimate of drug-likeness (QED) is 0.201. The molecule has 3 N–H and O–H groups in total. The fourth-order valence-corrected chi connectivity index (χ4v) is 4.37. The number of hydrogen-bond donors (Lipinski definition) is 3. The molecule has 5 heteroatoms. The SMILES string of the molecule is C/C(=C\CN1C(=O)c2cccc(O)c2Nc2ccc(O)cc21)CCCC(C)CCCC(C)C. The minimum absolute atomic E-state index is 0.0240. The molecule has 1 atom stereocenters. The predicted molar refractivity (Wildman–Crippen MR) is 137 cm³/mol. The van der Waals surface area contributed by atoms with E-state index >= 15 is 0 Å². The molecule has 0 radical (unpaired) electrons. The topological polar surface area (TPSA) is 72.8 Å². The van der Waals surface area contributed by atoms with Crippen LogP contribution in [0.4, 0.5) is 17.1 Å². The van der Waals surface area contributed by atoms with Gasteiger partial charge < -0.3 is 20.4 Å². The molecule has 5 nitrogen and oxygen atoms in total. The first-order valence-electron chi connectivity index (χ1n) is 12.2. The molecule has 0 fully saturated rings. The molecule has 1 unspecified atom stereocenters. The van der Waals surface area contributed by atoms with Crippen LogP contribution in [0, 0.1) is 11.8 Å². The van der Waals surface area contributed by atoms with Crippen LogP contribution in [-0.4, -0.2) is 22.7 Å². The molecule has 0 saturated carbocycles. The number of allylic oxidation sites excluding steroid dienone is 1. The Bertz CT molecular complexity index is 997. The summed E-state index contributed by atoms with van der Waals surface area (Å²) in [5.41, 5.74) is 3.32. The number of rotatable bonds is 10. The van der Waals surface area contributed by atoms with Crippen molar-refractivity contribution in [3.05, 3.63) is 53.6 Å². The van der Waals surface area contributed by atoms with Gasteiger partial charge in [0.15, 0.2) is 0 Å². The van der Waals surface area contributed by atoms with Gasteiger partial charge >= 0.3 is 0 Å². The molecule has 178 valence electrons. The summed E-state index contributed by atoms with van der Waals surface area (Å²) < 4.78 is 0. The number of carbonyl (C=O) groups is 1. The Morgan fingerprint density at radius 1 is 1.06 bits per heavy atom. The molecule has 0 saturated heterocycles.